The van der Waals surface area contributed by atoms with Crippen LogP contribution >= 0.6 is 0 Å². The van der Waals surface area contributed by atoms with Gasteiger partial charge >= 0.3 is 6.03 Å². The first kappa shape index (κ1) is 15.8. The van der Waals surface area contributed by atoms with Crippen LogP contribution in [-0.4, -0.2) is 48.3 Å². The lowest BCUT2D eigenvalue weighted by Crippen LogP contribution is -2.59. The second kappa shape index (κ2) is 5.66. The van der Waals surface area contributed by atoms with E-state index in [0.29, 0.717) is 12.1 Å². The number of methoxy groups -OCH3 is 1. The molecule has 1 aromatic carbocycles. The van der Waals surface area contributed by atoms with E-state index in [1.54, 1.807) is 7.11 Å². The Labute approximate surface area is 144 Å². The molecule has 4 rings (SSSR count). The first-order chi connectivity index (χ1) is 11.5. The summed E-state index contributed by atoms with van der Waals surface area (Å²) in [5.74, 6) is 0.794. The fourth-order valence-corrected chi connectivity index (χ4v) is 5.07. The molecule has 24 heavy (non-hydrogen) atoms. The number of fused-ring (bicyclic) bond motifs is 2. The molecule has 3 fully saturated rings. The topological polar surface area (TPSA) is 44.8 Å². The molecule has 2 unspecified atom stereocenters. The third-order valence-corrected chi connectivity index (χ3v) is 5.87. The van der Waals surface area contributed by atoms with Gasteiger partial charge in [0.05, 0.1) is 19.2 Å². The van der Waals surface area contributed by atoms with E-state index in [9.17, 15) is 4.79 Å². The van der Waals surface area contributed by atoms with Crippen LogP contribution in [0.4, 0.5) is 10.5 Å². The van der Waals surface area contributed by atoms with Crippen LogP contribution in [0.1, 0.15) is 39.5 Å². The number of anilines is 1. The summed E-state index contributed by atoms with van der Waals surface area (Å²) in [5, 5.41) is 3.71. The molecule has 0 radical (unpaired) electrons. The maximum Gasteiger partial charge on any atom is 0.325 e. The highest BCUT2D eigenvalue weighted by atomic mass is 16.5. The molecule has 2 amide bonds. The molecule has 5 nitrogen and oxygen atoms in total. The molecule has 0 aliphatic carbocycles. The molecule has 3 heterocycles. The minimum atomic E-state index is -0.0363. The highest BCUT2D eigenvalue weighted by Crippen LogP contribution is 2.44. The van der Waals surface area contributed by atoms with Gasteiger partial charge in [-0.05, 0) is 51.7 Å². The highest BCUT2D eigenvalue weighted by Gasteiger charge is 2.55. The van der Waals surface area contributed by atoms with Crippen molar-refractivity contribution in [3.63, 3.8) is 0 Å². The van der Waals surface area contributed by atoms with E-state index in [4.69, 9.17) is 4.74 Å². The Morgan fingerprint density at radius 2 is 1.96 bits per heavy atom. The Morgan fingerprint density at radius 1 is 1.25 bits per heavy atom. The average Bonchev–Trinajstić information content (AvgIpc) is 3.04. The van der Waals surface area contributed by atoms with Gasteiger partial charge in [-0.3, -0.25) is 4.90 Å². The quantitative estimate of drug-likeness (QED) is 0.927. The molecule has 1 spiro atoms. The van der Waals surface area contributed by atoms with Crippen LogP contribution in [-0.2, 0) is 0 Å². The molecule has 2 atom stereocenters. The third kappa shape index (κ3) is 2.37. The summed E-state index contributed by atoms with van der Waals surface area (Å²) in [6.45, 7) is 5.06. The molecule has 0 aromatic heterocycles. The number of urea groups is 1. The Balaban J connectivity index is 1.69. The lowest BCUT2D eigenvalue weighted by Gasteiger charge is -2.45. The summed E-state index contributed by atoms with van der Waals surface area (Å²) in [7, 11) is 1.66. The molecule has 1 aromatic rings. The second-order valence-electron chi connectivity index (χ2n) is 7.80. The number of nitrogens with one attached hydrogen (secondary N) is 1. The van der Waals surface area contributed by atoms with Gasteiger partial charge in [0.25, 0.3) is 0 Å². The number of amides is 2. The fraction of sp³-hybridized carbons (Fsp3) is 0.632. The molecule has 5 heteroatoms. The zero-order valence-corrected chi connectivity index (χ0v) is 14.8. The Hall–Kier alpha value is -1.75. The zero-order valence-electron chi connectivity index (χ0n) is 14.8. The van der Waals surface area contributed by atoms with E-state index in [1.807, 2.05) is 29.2 Å². The molecular weight excluding hydrogens is 302 g/mol. The van der Waals surface area contributed by atoms with E-state index in [2.05, 4.69) is 24.1 Å². The van der Waals surface area contributed by atoms with Gasteiger partial charge in [-0.1, -0.05) is 6.07 Å². The average molecular weight is 329 g/mol. The summed E-state index contributed by atoms with van der Waals surface area (Å²) in [6.07, 6.45) is 4.61. The van der Waals surface area contributed by atoms with Gasteiger partial charge in [-0.2, -0.15) is 0 Å². The second-order valence-corrected chi connectivity index (χ2v) is 7.80. The van der Waals surface area contributed by atoms with Gasteiger partial charge in [0.15, 0.2) is 0 Å². The zero-order chi connectivity index (χ0) is 16.9. The molecule has 0 saturated carbocycles. The van der Waals surface area contributed by atoms with Crippen LogP contribution < -0.4 is 15.0 Å². The van der Waals surface area contributed by atoms with Crippen LogP contribution in [0.3, 0.4) is 0 Å². The predicted molar refractivity (Wildman–Crippen MR) is 94.6 cm³/mol. The summed E-state index contributed by atoms with van der Waals surface area (Å²) in [6, 6.07) is 9.32. The number of benzene rings is 1. The number of hydrogen-bond acceptors (Lipinski definition) is 3. The smallest absolute Gasteiger partial charge is 0.325 e. The number of carbonyl (C=O) groups is 1. The summed E-state index contributed by atoms with van der Waals surface area (Å²) < 4.78 is 5.34. The highest BCUT2D eigenvalue weighted by molar-refractivity contribution is 5.95. The maximum absolute atomic E-state index is 13.2. The normalized spacial score (nSPS) is 32.2. The third-order valence-electron chi connectivity index (χ3n) is 5.87. The summed E-state index contributed by atoms with van der Waals surface area (Å²) >= 11 is 0. The van der Waals surface area contributed by atoms with Crippen LogP contribution in [0.2, 0.25) is 0 Å². The molecule has 3 aliphatic rings. The van der Waals surface area contributed by atoms with Crippen molar-refractivity contribution < 1.29 is 9.53 Å². The van der Waals surface area contributed by atoms with E-state index in [-0.39, 0.29) is 17.6 Å². The molecule has 2 bridgehead atoms. The Bertz CT molecular complexity index is 633. The monoisotopic (exact) mass is 329 g/mol. The number of rotatable bonds is 3. The van der Waals surface area contributed by atoms with E-state index in [0.717, 1.165) is 30.8 Å². The lowest BCUT2D eigenvalue weighted by atomic mass is 9.82. The van der Waals surface area contributed by atoms with Crippen LogP contribution in [0.5, 0.6) is 5.75 Å². The minimum absolute atomic E-state index is 0.0363. The molecule has 1 N–H and O–H groups in total. The van der Waals surface area contributed by atoms with Crippen molar-refractivity contribution in [2.24, 2.45) is 0 Å². The first-order valence-corrected chi connectivity index (χ1v) is 9.03. The van der Waals surface area contributed by atoms with Crippen molar-refractivity contribution in [3.05, 3.63) is 24.3 Å². The molecule has 3 aliphatic heterocycles. The van der Waals surface area contributed by atoms with Gasteiger partial charge in [0, 0.05) is 29.9 Å². The van der Waals surface area contributed by atoms with Crippen molar-refractivity contribution in [1.29, 1.82) is 0 Å². The van der Waals surface area contributed by atoms with Crippen LogP contribution in [0.25, 0.3) is 0 Å². The molecule has 130 valence electrons. The number of piperidine rings is 1. The largest absolute Gasteiger partial charge is 0.497 e. The Morgan fingerprint density at radius 3 is 2.58 bits per heavy atom. The predicted octanol–water partition coefficient (Wildman–Crippen LogP) is 3.00. The standard InChI is InChI=1S/C19H27N3O2/c1-13(2)22-18(23)21(16-5-4-6-17(9-16)24-3)12-19(22)10-14-7-8-15(11-19)20-14/h4-6,9,13-15,20H,7-8,10-12H2,1-3H3. The SMILES string of the molecule is COc1cccc(N2CC3(CC4CCC(C3)N4)N(C(C)C)C2=O)c1. The van der Waals surface area contributed by atoms with Gasteiger partial charge in [-0.15, -0.1) is 0 Å². The first-order valence-electron chi connectivity index (χ1n) is 9.03. The summed E-state index contributed by atoms with van der Waals surface area (Å²) in [4.78, 5) is 17.3. The number of carbonyl (C=O) groups excluding carboxylic acids is 1. The maximum atomic E-state index is 13.2. The van der Waals surface area contributed by atoms with Crippen LogP contribution in [0.15, 0.2) is 24.3 Å². The van der Waals surface area contributed by atoms with Crippen LogP contribution in [0, 0.1) is 0 Å². The number of ether oxygens (including phenoxy) is 1. The van der Waals surface area contributed by atoms with Crippen molar-refractivity contribution in [2.45, 2.75) is 63.2 Å². The van der Waals surface area contributed by atoms with Crippen molar-refractivity contribution in [2.75, 3.05) is 18.6 Å². The van der Waals surface area contributed by atoms with Crippen molar-refractivity contribution >= 4 is 11.7 Å². The van der Waals surface area contributed by atoms with E-state index >= 15 is 0 Å². The van der Waals surface area contributed by atoms with E-state index < -0.39 is 0 Å². The number of hydrogen-bond donors (Lipinski definition) is 1. The Kier molecular flexibility index (Phi) is 3.71. The van der Waals surface area contributed by atoms with E-state index in [1.165, 1.54) is 12.8 Å². The summed E-state index contributed by atoms with van der Waals surface area (Å²) in [5.41, 5.74) is 0.901. The molecular formula is C19H27N3O2. The fourth-order valence-electron chi connectivity index (χ4n) is 5.07. The molecule has 3 saturated heterocycles. The van der Waals surface area contributed by atoms with Gasteiger partial charge in [-0.25, -0.2) is 4.79 Å². The van der Waals surface area contributed by atoms with Gasteiger partial charge < -0.3 is 15.0 Å². The number of nitrogens with zero attached hydrogens (tertiary/aromatic N) is 2. The van der Waals surface area contributed by atoms with Crippen molar-refractivity contribution in [3.8, 4) is 5.75 Å². The van der Waals surface area contributed by atoms with Gasteiger partial charge in [0.1, 0.15) is 5.75 Å². The van der Waals surface area contributed by atoms with Gasteiger partial charge in [0.2, 0.25) is 0 Å². The van der Waals surface area contributed by atoms with Crippen molar-refractivity contribution in [1.82, 2.24) is 10.2 Å². The minimum Gasteiger partial charge on any atom is -0.497 e. The lowest BCUT2D eigenvalue weighted by molar-refractivity contribution is 0.0832.